The molecule has 34 heavy (non-hydrogen) atoms. The highest BCUT2D eigenvalue weighted by atomic mass is 32.2. The summed E-state index contributed by atoms with van der Waals surface area (Å²) in [5.74, 6) is 2.03. The first-order valence-corrected chi connectivity index (χ1v) is 13.6. The molecule has 5 rings (SSSR count). The highest BCUT2D eigenvalue weighted by Gasteiger charge is 2.33. The van der Waals surface area contributed by atoms with Gasteiger partial charge in [-0.15, -0.1) is 0 Å². The molecular weight excluding hydrogens is 452 g/mol. The van der Waals surface area contributed by atoms with Crippen LogP contribution >= 0.6 is 0 Å². The molecule has 180 valence electrons. The number of carbonyl (C=O) groups is 1. The van der Waals surface area contributed by atoms with Crippen molar-refractivity contribution in [2.24, 2.45) is 5.92 Å². The molecule has 0 saturated carbocycles. The summed E-state index contributed by atoms with van der Waals surface area (Å²) >= 11 is 0. The topological polar surface area (TPSA) is 94.4 Å². The molecule has 1 amide bonds. The molecule has 0 aliphatic carbocycles. The van der Waals surface area contributed by atoms with Crippen molar-refractivity contribution in [1.29, 1.82) is 0 Å². The normalized spacial score (nSPS) is 22.3. The van der Waals surface area contributed by atoms with Gasteiger partial charge in [-0.25, -0.2) is 18.4 Å². The number of hydrogen-bond donors (Lipinski definition) is 0. The Morgan fingerprint density at radius 2 is 1.91 bits per heavy atom. The summed E-state index contributed by atoms with van der Waals surface area (Å²) < 4.78 is 31.7. The minimum Gasteiger partial charge on any atom is -0.497 e. The van der Waals surface area contributed by atoms with Crippen LogP contribution in [0.1, 0.15) is 48.5 Å². The van der Waals surface area contributed by atoms with E-state index in [2.05, 4.69) is 6.92 Å². The van der Waals surface area contributed by atoms with Crippen molar-refractivity contribution in [3.63, 3.8) is 0 Å². The van der Waals surface area contributed by atoms with Crippen molar-refractivity contribution in [1.82, 2.24) is 19.4 Å². The number of amides is 1. The quantitative estimate of drug-likeness (QED) is 0.563. The lowest BCUT2D eigenvalue weighted by Gasteiger charge is -2.30. The number of nitrogens with zero attached hydrogens (tertiary/aromatic N) is 4. The van der Waals surface area contributed by atoms with Crippen molar-refractivity contribution in [2.75, 3.05) is 31.7 Å². The Morgan fingerprint density at radius 3 is 2.56 bits per heavy atom. The minimum absolute atomic E-state index is 0.0897. The van der Waals surface area contributed by atoms with Gasteiger partial charge >= 0.3 is 0 Å². The summed E-state index contributed by atoms with van der Waals surface area (Å²) in [6.45, 7) is 5.44. The molecule has 0 radical (unpaired) electrons. The van der Waals surface area contributed by atoms with Crippen LogP contribution in [0.25, 0.3) is 22.3 Å². The third kappa shape index (κ3) is 4.17. The van der Waals surface area contributed by atoms with Gasteiger partial charge in [-0.3, -0.25) is 4.79 Å². The van der Waals surface area contributed by atoms with Crippen molar-refractivity contribution in [3.8, 4) is 17.0 Å². The zero-order valence-corrected chi connectivity index (χ0v) is 20.6. The van der Waals surface area contributed by atoms with Crippen LogP contribution in [0.3, 0.4) is 0 Å². The lowest BCUT2D eigenvalue weighted by molar-refractivity contribution is 0.0679. The molecule has 4 heterocycles. The van der Waals surface area contributed by atoms with E-state index in [1.165, 1.54) is 0 Å². The average molecular weight is 483 g/mol. The van der Waals surface area contributed by atoms with E-state index in [0.717, 1.165) is 29.7 Å². The van der Waals surface area contributed by atoms with E-state index in [0.29, 0.717) is 48.2 Å². The monoisotopic (exact) mass is 482 g/mol. The summed E-state index contributed by atoms with van der Waals surface area (Å²) in [7, 11) is -1.46. The molecule has 0 bridgehead atoms. The first-order chi connectivity index (χ1) is 16.3. The van der Waals surface area contributed by atoms with Crippen LogP contribution in [0.2, 0.25) is 0 Å². The van der Waals surface area contributed by atoms with Crippen LogP contribution < -0.4 is 4.74 Å². The van der Waals surface area contributed by atoms with Gasteiger partial charge in [-0.2, -0.15) is 0 Å². The van der Waals surface area contributed by atoms with E-state index in [1.807, 2.05) is 46.7 Å². The number of piperidine rings is 1. The van der Waals surface area contributed by atoms with Gasteiger partial charge in [0.1, 0.15) is 17.1 Å². The van der Waals surface area contributed by atoms with Crippen LogP contribution in [0.15, 0.2) is 30.3 Å². The molecule has 2 unspecified atom stereocenters. The predicted molar refractivity (Wildman–Crippen MR) is 131 cm³/mol. The molecular formula is C25H30N4O4S. The fraction of sp³-hybridized carbons (Fsp3) is 0.480. The van der Waals surface area contributed by atoms with Gasteiger partial charge in [0.25, 0.3) is 5.91 Å². The number of sulfone groups is 1. The Morgan fingerprint density at radius 1 is 1.15 bits per heavy atom. The minimum atomic E-state index is -3.08. The lowest BCUT2D eigenvalue weighted by atomic mass is 10.00. The van der Waals surface area contributed by atoms with Crippen molar-refractivity contribution < 1.29 is 17.9 Å². The Labute approximate surface area is 199 Å². The Balaban J connectivity index is 1.67. The largest absolute Gasteiger partial charge is 0.497 e. The second-order valence-corrected chi connectivity index (χ2v) is 11.8. The van der Waals surface area contributed by atoms with Gasteiger partial charge < -0.3 is 14.2 Å². The number of methoxy groups -OCH3 is 1. The Kier molecular flexibility index (Phi) is 5.83. The SMILES string of the molecule is COc1ccc(-c2cc3c(nc(C)n3C3CCS(=O)(=O)C3)c(C(=O)N3CCCC(C)C3)n2)cc1. The van der Waals surface area contributed by atoms with Crippen LogP contribution in [0, 0.1) is 12.8 Å². The molecule has 2 aromatic heterocycles. The second-order valence-electron chi connectivity index (χ2n) is 9.54. The summed E-state index contributed by atoms with van der Waals surface area (Å²) in [6, 6.07) is 9.29. The number of aromatic nitrogens is 3. The van der Waals surface area contributed by atoms with Crippen LogP contribution in [0.4, 0.5) is 0 Å². The first kappa shape index (κ1) is 22.8. The third-order valence-corrected chi connectivity index (χ3v) is 8.71. The highest BCUT2D eigenvalue weighted by Crippen LogP contribution is 2.33. The zero-order valence-electron chi connectivity index (χ0n) is 19.8. The maximum atomic E-state index is 13.7. The van der Waals surface area contributed by atoms with Gasteiger partial charge in [-0.1, -0.05) is 6.92 Å². The van der Waals surface area contributed by atoms with Crippen LogP contribution in [-0.4, -0.2) is 65.5 Å². The average Bonchev–Trinajstić information content (AvgIpc) is 3.35. The lowest BCUT2D eigenvalue weighted by Crippen LogP contribution is -2.39. The highest BCUT2D eigenvalue weighted by molar-refractivity contribution is 7.91. The van der Waals surface area contributed by atoms with E-state index >= 15 is 0 Å². The number of rotatable bonds is 4. The number of likely N-dealkylation sites (tertiary alicyclic amines) is 1. The maximum Gasteiger partial charge on any atom is 0.274 e. The van der Waals surface area contributed by atoms with Crippen molar-refractivity contribution in [2.45, 2.75) is 39.2 Å². The van der Waals surface area contributed by atoms with Gasteiger partial charge in [0.15, 0.2) is 15.5 Å². The number of fused-ring (bicyclic) bond motifs is 1. The van der Waals surface area contributed by atoms with Gasteiger partial charge in [0, 0.05) is 18.7 Å². The molecule has 8 nitrogen and oxygen atoms in total. The number of carbonyl (C=O) groups excluding carboxylic acids is 1. The van der Waals surface area contributed by atoms with E-state index in [9.17, 15) is 13.2 Å². The van der Waals surface area contributed by atoms with Crippen molar-refractivity contribution >= 4 is 26.8 Å². The third-order valence-electron chi connectivity index (χ3n) is 6.96. The molecule has 2 saturated heterocycles. The molecule has 2 fully saturated rings. The number of hydrogen-bond acceptors (Lipinski definition) is 6. The molecule has 0 N–H and O–H groups in total. The summed E-state index contributed by atoms with van der Waals surface area (Å²) in [4.78, 5) is 25.1. The Hall–Kier alpha value is -2.94. The maximum absolute atomic E-state index is 13.7. The molecule has 2 atom stereocenters. The number of pyridine rings is 1. The first-order valence-electron chi connectivity index (χ1n) is 11.8. The molecule has 1 aromatic carbocycles. The second kappa shape index (κ2) is 8.69. The van der Waals surface area contributed by atoms with E-state index in [4.69, 9.17) is 14.7 Å². The van der Waals surface area contributed by atoms with E-state index in [1.54, 1.807) is 7.11 Å². The summed E-state index contributed by atoms with van der Waals surface area (Å²) in [6.07, 6.45) is 2.63. The summed E-state index contributed by atoms with van der Waals surface area (Å²) in [5, 5.41) is 0. The molecule has 3 aromatic rings. The van der Waals surface area contributed by atoms with Gasteiger partial charge in [-0.05, 0) is 62.4 Å². The molecule has 9 heteroatoms. The fourth-order valence-electron chi connectivity index (χ4n) is 5.23. The number of aryl methyl sites for hydroxylation is 1. The van der Waals surface area contributed by atoms with Crippen LogP contribution in [0.5, 0.6) is 5.75 Å². The zero-order chi connectivity index (χ0) is 24.0. The van der Waals surface area contributed by atoms with Crippen molar-refractivity contribution in [3.05, 3.63) is 41.9 Å². The Bertz CT molecular complexity index is 1350. The standard InChI is InChI=1S/C25H30N4O4S/c1-16-5-4-11-28(14-16)25(30)24-23-22(13-21(27-24)18-6-8-20(33-3)9-7-18)29(17(2)26-23)19-10-12-34(31,32)15-19/h6-9,13,16,19H,4-5,10-12,14-15H2,1-3H3. The molecule has 2 aliphatic heterocycles. The number of ether oxygens (including phenoxy) is 1. The smallest absolute Gasteiger partial charge is 0.274 e. The molecule has 2 aliphatic rings. The van der Waals surface area contributed by atoms with Gasteiger partial charge in [0.2, 0.25) is 0 Å². The number of imidazole rings is 1. The number of benzene rings is 1. The van der Waals surface area contributed by atoms with Gasteiger partial charge in [0.05, 0.1) is 35.9 Å². The summed E-state index contributed by atoms with van der Waals surface area (Å²) in [5.41, 5.74) is 3.15. The van der Waals surface area contributed by atoms with Crippen LogP contribution in [-0.2, 0) is 9.84 Å². The fourth-order valence-corrected chi connectivity index (χ4v) is 6.93. The van der Waals surface area contributed by atoms with E-state index in [-0.39, 0.29) is 23.5 Å². The molecule has 0 spiro atoms. The van der Waals surface area contributed by atoms with E-state index < -0.39 is 9.84 Å². The predicted octanol–water partition coefficient (Wildman–Crippen LogP) is 3.65.